The molecule has 2 fully saturated rings. The molecule has 3 aromatic rings. The van der Waals surface area contributed by atoms with Crippen LogP contribution >= 0.6 is 35.0 Å². The highest BCUT2D eigenvalue weighted by Crippen LogP contribution is 2.34. The van der Waals surface area contributed by atoms with Gasteiger partial charge in [0.15, 0.2) is 11.7 Å². The average Bonchev–Trinajstić information content (AvgIpc) is 2.97. The van der Waals surface area contributed by atoms with E-state index < -0.39 is 5.91 Å². The summed E-state index contributed by atoms with van der Waals surface area (Å²) in [5, 5.41) is 16.3. The van der Waals surface area contributed by atoms with Crippen molar-refractivity contribution in [3.63, 3.8) is 0 Å². The molecule has 0 bridgehead atoms. The average molecular weight is 616 g/mol. The predicted octanol–water partition coefficient (Wildman–Crippen LogP) is 4.61. The molecule has 0 spiro atoms. The number of hydrogen-bond donors (Lipinski definition) is 4. The molecule has 0 unspecified atom stereocenters. The van der Waals surface area contributed by atoms with Gasteiger partial charge < -0.3 is 30.9 Å². The zero-order chi connectivity index (χ0) is 28.9. The third-order valence-corrected chi connectivity index (χ3v) is 8.70. The van der Waals surface area contributed by atoms with Crippen molar-refractivity contribution in [3.05, 3.63) is 63.9 Å². The number of nitrogens with two attached hydrogens (primary N) is 1. The van der Waals surface area contributed by atoms with Crippen LogP contribution < -0.4 is 21.3 Å². The number of carbonyl (C=O) groups excluding carboxylic acids is 1. The van der Waals surface area contributed by atoms with Crippen molar-refractivity contribution in [2.45, 2.75) is 28.8 Å². The monoisotopic (exact) mass is 614 g/mol. The van der Waals surface area contributed by atoms with Crippen LogP contribution in [0.2, 0.25) is 10.0 Å². The maximum absolute atomic E-state index is 13.5. The molecule has 0 atom stereocenters. The second-order valence-corrected chi connectivity index (χ2v) is 11.9. The third-order valence-electron chi connectivity index (χ3n) is 7.06. The Morgan fingerprint density at radius 3 is 2.63 bits per heavy atom. The van der Waals surface area contributed by atoms with Crippen molar-refractivity contribution >= 4 is 63.9 Å². The minimum atomic E-state index is -0.438. The number of amides is 1. The Bertz CT molecular complexity index is 1430. The number of carbonyl (C=O) groups is 1. The Labute approximate surface area is 253 Å². The van der Waals surface area contributed by atoms with Gasteiger partial charge >= 0.3 is 0 Å². The standard InChI is InChI=1S/C28H32Cl2N8O2S/c1-37-8-10-38(11-9-37)19-3-4-20(22(15-19)34-18-6-12-40-13-7-18)28(39)36-27(32)25-26(31)33-16-24(35-25)41-23-14-17(29)2-5-21(23)30/h2-5,14-16,18,34H,6-13H2,1H3,(H2,31,33)(H2,32,36,39). The number of halogens is 2. The molecule has 0 saturated carbocycles. The van der Waals surface area contributed by atoms with Crippen LogP contribution in [0.3, 0.4) is 0 Å². The molecule has 0 aliphatic carbocycles. The summed E-state index contributed by atoms with van der Waals surface area (Å²) in [6.07, 6.45) is 3.19. The molecule has 5 rings (SSSR count). The van der Waals surface area contributed by atoms with E-state index in [-0.39, 0.29) is 23.4 Å². The summed E-state index contributed by atoms with van der Waals surface area (Å²) >= 11 is 13.7. The number of hydrogen-bond acceptors (Lipinski definition) is 10. The lowest BCUT2D eigenvalue weighted by Gasteiger charge is -2.34. The normalized spacial score (nSPS) is 16.4. The van der Waals surface area contributed by atoms with Gasteiger partial charge in [0.25, 0.3) is 5.91 Å². The Morgan fingerprint density at radius 1 is 1.12 bits per heavy atom. The highest BCUT2D eigenvalue weighted by Gasteiger charge is 2.23. The number of benzene rings is 2. The van der Waals surface area contributed by atoms with E-state index in [0.717, 1.165) is 50.4 Å². The van der Waals surface area contributed by atoms with Crippen LogP contribution in [0.1, 0.15) is 28.9 Å². The second-order valence-electron chi connectivity index (χ2n) is 10.00. The molecule has 1 amide bonds. The first-order valence-corrected chi connectivity index (χ1v) is 14.9. The smallest absolute Gasteiger partial charge is 0.258 e. The van der Waals surface area contributed by atoms with Crippen LogP contribution in [0, 0.1) is 5.41 Å². The van der Waals surface area contributed by atoms with Gasteiger partial charge in [0.2, 0.25) is 0 Å². The van der Waals surface area contributed by atoms with Gasteiger partial charge in [0.05, 0.1) is 16.8 Å². The molecular weight excluding hydrogens is 583 g/mol. The Hall–Kier alpha value is -3.09. The number of amidine groups is 1. The van der Waals surface area contributed by atoms with Crippen molar-refractivity contribution < 1.29 is 9.53 Å². The van der Waals surface area contributed by atoms with Crippen LogP contribution in [0.15, 0.2) is 52.5 Å². The first-order valence-electron chi connectivity index (χ1n) is 13.3. The fourth-order valence-corrected chi connectivity index (χ4v) is 5.99. The number of ether oxygens (including phenoxy) is 1. The maximum atomic E-state index is 13.5. The Morgan fingerprint density at radius 2 is 1.88 bits per heavy atom. The molecule has 3 heterocycles. The quantitative estimate of drug-likeness (QED) is 0.222. The fourth-order valence-electron chi connectivity index (χ4n) is 4.70. The summed E-state index contributed by atoms with van der Waals surface area (Å²) < 4.78 is 5.52. The number of nitrogen functional groups attached to an aromatic ring is 1. The van der Waals surface area contributed by atoms with E-state index in [2.05, 4.69) is 37.4 Å². The topological polar surface area (TPSA) is 132 Å². The molecular formula is C28H32Cl2N8O2S. The van der Waals surface area contributed by atoms with Crippen molar-refractivity contribution in [3.8, 4) is 0 Å². The van der Waals surface area contributed by atoms with Gasteiger partial charge in [-0.1, -0.05) is 35.0 Å². The first-order chi connectivity index (χ1) is 19.8. The van der Waals surface area contributed by atoms with Gasteiger partial charge in [-0.2, -0.15) is 0 Å². The lowest BCUT2D eigenvalue weighted by Crippen LogP contribution is -2.44. The largest absolute Gasteiger partial charge is 0.382 e. The SMILES string of the molecule is CN1CCN(c2ccc(C(=O)NC(=N)c3nc(Sc4cc(Cl)ccc4Cl)cnc3N)c(NC3CCOCC3)c2)CC1. The number of nitrogens with one attached hydrogen (secondary N) is 3. The fraction of sp³-hybridized carbons (Fsp3) is 0.357. The summed E-state index contributed by atoms with van der Waals surface area (Å²) in [7, 11) is 2.12. The zero-order valence-corrected chi connectivity index (χ0v) is 25.0. The zero-order valence-electron chi connectivity index (χ0n) is 22.6. The molecule has 216 valence electrons. The lowest BCUT2D eigenvalue weighted by atomic mass is 10.1. The number of rotatable bonds is 7. The van der Waals surface area contributed by atoms with E-state index in [1.54, 1.807) is 24.3 Å². The van der Waals surface area contributed by atoms with Crippen molar-refractivity contribution in [1.29, 1.82) is 5.41 Å². The highest BCUT2D eigenvalue weighted by molar-refractivity contribution is 7.99. The van der Waals surface area contributed by atoms with Crippen LogP contribution in [0.4, 0.5) is 17.2 Å². The highest BCUT2D eigenvalue weighted by atomic mass is 35.5. The van der Waals surface area contributed by atoms with Gasteiger partial charge in [-0.05, 0) is 56.3 Å². The maximum Gasteiger partial charge on any atom is 0.258 e. The van der Waals surface area contributed by atoms with E-state index in [0.29, 0.717) is 38.7 Å². The van der Waals surface area contributed by atoms with Crippen LogP contribution in [-0.2, 0) is 4.74 Å². The summed E-state index contributed by atoms with van der Waals surface area (Å²) in [5.41, 5.74) is 8.33. The number of piperazine rings is 1. The van der Waals surface area contributed by atoms with E-state index in [1.807, 2.05) is 12.1 Å². The molecule has 10 nitrogen and oxygen atoms in total. The van der Waals surface area contributed by atoms with Gasteiger partial charge in [0.1, 0.15) is 10.7 Å². The second kappa shape index (κ2) is 13.3. The van der Waals surface area contributed by atoms with Gasteiger partial charge in [-0.15, -0.1) is 0 Å². The van der Waals surface area contributed by atoms with Crippen LogP contribution in [0.25, 0.3) is 0 Å². The number of aromatic nitrogens is 2. The van der Waals surface area contributed by atoms with Gasteiger partial charge in [-0.25, -0.2) is 9.97 Å². The lowest BCUT2D eigenvalue weighted by molar-refractivity contribution is 0.0904. The van der Waals surface area contributed by atoms with Gasteiger partial charge in [-0.3, -0.25) is 10.2 Å². The number of anilines is 3. The van der Waals surface area contributed by atoms with E-state index >= 15 is 0 Å². The molecule has 1 aromatic heterocycles. The van der Waals surface area contributed by atoms with E-state index in [1.165, 1.54) is 18.0 Å². The van der Waals surface area contributed by atoms with Gasteiger partial charge in [0, 0.05) is 66.7 Å². The van der Waals surface area contributed by atoms with Crippen molar-refractivity contribution in [2.75, 3.05) is 62.4 Å². The van der Waals surface area contributed by atoms with Crippen molar-refractivity contribution in [2.24, 2.45) is 0 Å². The molecule has 13 heteroatoms. The van der Waals surface area contributed by atoms with E-state index in [9.17, 15) is 4.79 Å². The summed E-state index contributed by atoms with van der Waals surface area (Å²) in [5.74, 6) is -0.658. The van der Waals surface area contributed by atoms with Crippen LogP contribution in [0.5, 0.6) is 0 Å². The molecule has 2 aliphatic rings. The predicted molar refractivity (Wildman–Crippen MR) is 165 cm³/mol. The molecule has 41 heavy (non-hydrogen) atoms. The van der Waals surface area contributed by atoms with Crippen molar-refractivity contribution in [1.82, 2.24) is 20.2 Å². The molecule has 2 aliphatic heterocycles. The summed E-state index contributed by atoms with van der Waals surface area (Å²) in [6, 6.07) is 11.1. The molecule has 5 N–H and O–H groups in total. The van der Waals surface area contributed by atoms with E-state index in [4.69, 9.17) is 39.1 Å². The van der Waals surface area contributed by atoms with Crippen LogP contribution in [-0.4, -0.2) is 79.1 Å². The Balaban J connectivity index is 1.36. The Kier molecular flexibility index (Phi) is 9.51. The summed E-state index contributed by atoms with van der Waals surface area (Å²) in [6.45, 7) is 5.13. The number of likely N-dealkylation sites (N-methyl/N-ethyl adjacent to an activating group) is 1. The molecule has 2 aromatic carbocycles. The minimum Gasteiger partial charge on any atom is -0.382 e. The molecule has 2 saturated heterocycles. The minimum absolute atomic E-state index is 0.0304. The number of nitrogens with zero attached hydrogens (tertiary/aromatic N) is 4. The first kappa shape index (κ1) is 29.4. The third kappa shape index (κ3) is 7.41. The summed E-state index contributed by atoms with van der Waals surface area (Å²) in [4.78, 5) is 27.5. The molecule has 0 radical (unpaired) electrons.